The van der Waals surface area contributed by atoms with Crippen molar-refractivity contribution in [1.29, 1.82) is 0 Å². The highest BCUT2D eigenvalue weighted by atomic mass is 16.6. The van der Waals surface area contributed by atoms with Crippen molar-refractivity contribution < 1.29 is 14.4 Å². The first-order chi connectivity index (χ1) is 11.7. The van der Waals surface area contributed by atoms with Gasteiger partial charge in [-0.25, -0.2) is 0 Å². The van der Waals surface area contributed by atoms with Crippen LogP contribution in [-0.2, 0) is 16.1 Å². The van der Waals surface area contributed by atoms with Crippen molar-refractivity contribution in [2.24, 2.45) is 5.16 Å². The molecule has 2 aromatic carbocycles. The predicted molar refractivity (Wildman–Crippen MR) is 94.4 cm³/mol. The Labute approximate surface area is 142 Å². The first-order valence-corrected chi connectivity index (χ1v) is 7.74. The number of nitrogens with zero attached hydrogens (tertiary/aromatic N) is 1. The van der Waals surface area contributed by atoms with Crippen LogP contribution in [0.15, 0.2) is 53.7 Å². The van der Waals surface area contributed by atoms with Crippen LogP contribution in [0.3, 0.4) is 0 Å². The predicted octanol–water partition coefficient (Wildman–Crippen LogP) is 2.71. The number of nitrogens with one attached hydrogen (secondary N) is 1. The van der Waals surface area contributed by atoms with Gasteiger partial charge >= 0.3 is 0 Å². The largest absolute Gasteiger partial charge is 0.496 e. The Hall–Kier alpha value is -2.82. The Morgan fingerprint density at radius 1 is 1.12 bits per heavy atom. The maximum Gasteiger partial charge on any atom is 0.273 e. The zero-order valence-corrected chi connectivity index (χ0v) is 14.2. The van der Waals surface area contributed by atoms with Gasteiger partial charge < -0.3 is 14.9 Å². The van der Waals surface area contributed by atoms with Gasteiger partial charge in [-0.3, -0.25) is 4.79 Å². The van der Waals surface area contributed by atoms with E-state index in [-0.39, 0.29) is 11.6 Å². The molecule has 5 heteroatoms. The summed E-state index contributed by atoms with van der Waals surface area (Å²) in [5.41, 5.74) is 3.20. The van der Waals surface area contributed by atoms with Crippen molar-refractivity contribution in [3.05, 3.63) is 65.2 Å². The molecule has 0 aliphatic carbocycles. The van der Waals surface area contributed by atoms with E-state index in [1.807, 2.05) is 49.4 Å². The third kappa shape index (κ3) is 4.59. The lowest BCUT2D eigenvalue weighted by molar-refractivity contribution is -0.114. The Bertz CT molecular complexity index is 712. The van der Waals surface area contributed by atoms with Crippen LogP contribution < -0.4 is 10.1 Å². The Balaban J connectivity index is 1.96. The van der Waals surface area contributed by atoms with Gasteiger partial charge in [0.25, 0.3) is 5.91 Å². The molecule has 0 aliphatic rings. The highest BCUT2D eigenvalue weighted by Crippen LogP contribution is 2.18. The molecule has 0 atom stereocenters. The summed E-state index contributed by atoms with van der Waals surface area (Å²) in [4.78, 5) is 17.1. The average molecular weight is 326 g/mol. The van der Waals surface area contributed by atoms with E-state index < -0.39 is 0 Å². The molecule has 2 aromatic rings. The number of rotatable bonds is 7. The molecule has 24 heavy (non-hydrogen) atoms. The lowest BCUT2D eigenvalue weighted by Crippen LogP contribution is -2.33. The third-order valence-corrected chi connectivity index (χ3v) is 3.60. The maximum atomic E-state index is 12.3. The van der Waals surface area contributed by atoms with Gasteiger partial charge in [0.2, 0.25) is 0 Å². The molecule has 1 N–H and O–H groups in total. The molecule has 0 spiro atoms. The molecule has 2 rings (SSSR count). The van der Waals surface area contributed by atoms with Crippen molar-refractivity contribution >= 4 is 11.6 Å². The van der Waals surface area contributed by atoms with Crippen LogP contribution >= 0.6 is 0 Å². The van der Waals surface area contributed by atoms with E-state index >= 15 is 0 Å². The number of carbonyl (C=O) groups excluding carboxylic acids is 1. The van der Waals surface area contributed by atoms with Crippen LogP contribution in [-0.4, -0.2) is 32.4 Å². The van der Waals surface area contributed by atoms with Crippen LogP contribution in [0.2, 0.25) is 0 Å². The van der Waals surface area contributed by atoms with E-state index in [1.54, 1.807) is 7.11 Å². The minimum Gasteiger partial charge on any atom is -0.496 e. The van der Waals surface area contributed by atoms with Crippen molar-refractivity contribution in [2.45, 2.75) is 13.3 Å². The molecule has 0 unspecified atom stereocenters. The third-order valence-electron chi connectivity index (χ3n) is 3.60. The van der Waals surface area contributed by atoms with Gasteiger partial charge in [-0.2, -0.15) is 0 Å². The van der Waals surface area contributed by atoms with Gasteiger partial charge in [-0.15, -0.1) is 0 Å². The number of carbonyl (C=O) groups is 1. The molecule has 0 heterocycles. The van der Waals surface area contributed by atoms with Gasteiger partial charge in [0, 0.05) is 12.1 Å². The van der Waals surface area contributed by atoms with E-state index in [0.29, 0.717) is 6.54 Å². The van der Waals surface area contributed by atoms with Gasteiger partial charge in [-0.05, 0) is 30.5 Å². The minimum atomic E-state index is -0.256. The highest BCUT2D eigenvalue weighted by Gasteiger charge is 2.14. The SMILES string of the molecule is CON=C(C(=O)NCCc1ccc(OC)c(C)c1)c1ccccc1. The minimum absolute atomic E-state index is 0.256. The second-order valence-electron chi connectivity index (χ2n) is 5.30. The number of aryl methyl sites for hydroxylation is 1. The Morgan fingerprint density at radius 3 is 2.50 bits per heavy atom. The van der Waals surface area contributed by atoms with Crippen LogP contribution in [0.25, 0.3) is 0 Å². The lowest BCUT2D eigenvalue weighted by atomic mass is 10.1. The van der Waals surface area contributed by atoms with Gasteiger partial charge in [0.1, 0.15) is 12.9 Å². The second kappa shape index (κ2) is 8.72. The van der Waals surface area contributed by atoms with Crippen molar-refractivity contribution in [3.63, 3.8) is 0 Å². The smallest absolute Gasteiger partial charge is 0.273 e. The summed E-state index contributed by atoms with van der Waals surface area (Å²) in [5, 5.41) is 6.73. The van der Waals surface area contributed by atoms with Crippen LogP contribution in [0, 0.1) is 6.92 Å². The number of oxime groups is 1. The molecule has 0 radical (unpaired) electrons. The zero-order chi connectivity index (χ0) is 17.4. The van der Waals surface area contributed by atoms with Crippen molar-refractivity contribution in [1.82, 2.24) is 5.32 Å². The molecule has 0 fully saturated rings. The van der Waals surface area contributed by atoms with E-state index in [0.717, 1.165) is 28.9 Å². The number of hydrogen-bond donors (Lipinski definition) is 1. The number of hydrogen-bond acceptors (Lipinski definition) is 4. The number of ether oxygens (including phenoxy) is 1. The molecule has 5 nitrogen and oxygen atoms in total. The lowest BCUT2D eigenvalue weighted by Gasteiger charge is -2.09. The number of methoxy groups -OCH3 is 1. The fourth-order valence-electron chi connectivity index (χ4n) is 2.41. The molecular formula is C19H22N2O3. The summed E-state index contributed by atoms with van der Waals surface area (Å²) in [7, 11) is 3.08. The second-order valence-corrected chi connectivity index (χ2v) is 5.30. The molecule has 126 valence electrons. The average Bonchev–Trinajstić information content (AvgIpc) is 2.60. The summed E-state index contributed by atoms with van der Waals surface area (Å²) < 4.78 is 5.25. The molecule has 0 aromatic heterocycles. The monoisotopic (exact) mass is 326 g/mol. The van der Waals surface area contributed by atoms with Crippen LogP contribution in [0.1, 0.15) is 16.7 Å². The van der Waals surface area contributed by atoms with E-state index in [9.17, 15) is 4.79 Å². The van der Waals surface area contributed by atoms with Gasteiger partial charge in [-0.1, -0.05) is 47.6 Å². The molecule has 1 amide bonds. The normalized spacial score (nSPS) is 11.0. The number of benzene rings is 2. The van der Waals surface area contributed by atoms with E-state index in [2.05, 4.69) is 16.5 Å². The van der Waals surface area contributed by atoms with Gasteiger partial charge in [0.05, 0.1) is 7.11 Å². The van der Waals surface area contributed by atoms with E-state index in [4.69, 9.17) is 9.57 Å². The topological polar surface area (TPSA) is 59.9 Å². The summed E-state index contributed by atoms with van der Waals surface area (Å²) in [6, 6.07) is 15.2. The van der Waals surface area contributed by atoms with Gasteiger partial charge in [0.15, 0.2) is 5.71 Å². The highest BCUT2D eigenvalue weighted by molar-refractivity contribution is 6.45. The fourth-order valence-corrected chi connectivity index (χ4v) is 2.41. The molecule has 0 saturated heterocycles. The molecule has 0 saturated carbocycles. The molecular weight excluding hydrogens is 304 g/mol. The van der Waals surface area contributed by atoms with Crippen molar-refractivity contribution in [2.75, 3.05) is 20.8 Å². The summed E-state index contributed by atoms with van der Waals surface area (Å²) in [5.74, 6) is 0.606. The Morgan fingerprint density at radius 2 is 1.88 bits per heavy atom. The first kappa shape index (κ1) is 17.5. The summed E-state index contributed by atoms with van der Waals surface area (Å²) >= 11 is 0. The maximum absolute atomic E-state index is 12.3. The van der Waals surface area contributed by atoms with Crippen LogP contribution in [0.5, 0.6) is 5.75 Å². The summed E-state index contributed by atoms with van der Waals surface area (Å²) in [6.45, 7) is 2.51. The standard InChI is InChI=1S/C19H22N2O3/c1-14-13-15(9-10-17(14)23-2)11-12-20-19(22)18(21-24-3)16-7-5-4-6-8-16/h4-10,13H,11-12H2,1-3H3,(H,20,22). The van der Waals surface area contributed by atoms with Crippen molar-refractivity contribution in [3.8, 4) is 5.75 Å². The quantitative estimate of drug-likeness (QED) is 0.629. The number of amides is 1. The fraction of sp³-hybridized carbons (Fsp3) is 0.263. The van der Waals surface area contributed by atoms with E-state index in [1.165, 1.54) is 7.11 Å². The molecule has 0 aliphatic heterocycles. The molecule has 0 bridgehead atoms. The first-order valence-electron chi connectivity index (χ1n) is 7.74. The Kier molecular flexibility index (Phi) is 6.37. The summed E-state index contributed by atoms with van der Waals surface area (Å²) in [6.07, 6.45) is 0.728. The zero-order valence-electron chi connectivity index (χ0n) is 14.2. The van der Waals surface area contributed by atoms with Crippen LogP contribution in [0.4, 0.5) is 0 Å².